The molecule has 0 radical (unpaired) electrons. The number of benzene rings is 1. The highest BCUT2D eigenvalue weighted by Crippen LogP contribution is 2.36. The average Bonchev–Trinajstić information content (AvgIpc) is 3.32. The van der Waals surface area contributed by atoms with E-state index < -0.39 is 12.1 Å². The number of nitrogens with zero attached hydrogens (tertiary/aromatic N) is 2. The molecule has 3 atom stereocenters. The number of imide groups is 1. The molecule has 0 aromatic heterocycles. The molecule has 2 aliphatic rings. The second kappa shape index (κ2) is 9.73. The molecule has 1 aromatic rings. The predicted molar refractivity (Wildman–Crippen MR) is 115 cm³/mol. The smallest absolute Gasteiger partial charge is 0.416 e. The Morgan fingerprint density at radius 1 is 1.27 bits per heavy atom. The summed E-state index contributed by atoms with van der Waals surface area (Å²) < 4.78 is 5.97. The Bertz CT molecular complexity index is 836. The molecule has 1 aromatic carbocycles. The second-order valence-corrected chi connectivity index (χ2v) is 9.19. The molecule has 1 saturated heterocycles. The third-order valence-corrected chi connectivity index (χ3v) is 6.46. The summed E-state index contributed by atoms with van der Waals surface area (Å²) in [6, 6.07) is 6.63. The SMILES string of the molecule is C/C(=N\OC(=O)c1ccc(Br)cc1)[C@@H]1CCC[C@@H]1CC(=O)N1C(=O)OC[C@@H]1C(C)C. The summed E-state index contributed by atoms with van der Waals surface area (Å²) in [7, 11) is 0. The maximum Gasteiger partial charge on any atom is 0.416 e. The normalized spacial score (nSPS) is 24.3. The highest BCUT2D eigenvalue weighted by atomic mass is 79.9. The third kappa shape index (κ3) is 5.09. The largest absolute Gasteiger partial charge is 0.447 e. The van der Waals surface area contributed by atoms with Gasteiger partial charge in [0.25, 0.3) is 0 Å². The van der Waals surface area contributed by atoms with Gasteiger partial charge in [-0.05, 0) is 55.9 Å². The van der Waals surface area contributed by atoms with Crippen molar-refractivity contribution < 1.29 is 24.0 Å². The number of carbonyl (C=O) groups is 3. The molecule has 1 saturated carbocycles. The van der Waals surface area contributed by atoms with Crippen molar-refractivity contribution in [2.45, 2.75) is 52.5 Å². The molecule has 7 nitrogen and oxygen atoms in total. The molecule has 162 valence electrons. The fourth-order valence-corrected chi connectivity index (χ4v) is 4.45. The zero-order valence-corrected chi connectivity index (χ0v) is 19.1. The summed E-state index contributed by atoms with van der Waals surface area (Å²) in [6.45, 7) is 6.02. The van der Waals surface area contributed by atoms with E-state index in [4.69, 9.17) is 9.57 Å². The Balaban J connectivity index is 1.62. The van der Waals surface area contributed by atoms with Gasteiger partial charge in [0.2, 0.25) is 5.91 Å². The van der Waals surface area contributed by atoms with Crippen molar-refractivity contribution >= 4 is 39.6 Å². The van der Waals surface area contributed by atoms with Gasteiger partial charge in [0, 0.05) is 16.8 Å². The van der Waals surface area contributed by atoms with Gasteiger partial charge in [-0.3, -0.25) is 4.79 Å². The Hall–Kier alpha value is -2.22. The summed E-state index contributed by atoms with van der Waals surface area (Å²) in [5.74, 6) is -0.474. The Labute approximate surface area is 184 Å². The lowest BCUT2D eigenvalue weighted by molar-refractivity contribution is -0.130. The van der Waals surface area contributed by atoms with Crippen LogP contribution in [0.1, 0.15) is 56.8 Å². The number of carbonyl (C=O) groups excluding carboxylic acids is 3. The molecule has 0 N–H and O–H groups in total. The van der Waals surface area contributed by atoms with Gasteiger partial charge in [0.1, 0.15) is 6.61 Å². The predicted octanol–water partition coefficient (Wildman–Crippen LogP) is 4.79. The molecular weight excluding hydrogens is 452 g/mol. The molecule has 0 unspecified atom stereocenters. The van der Waals surface area contributed by atoms with Crippen LogP contribution in [0.5, 0.6) is 0 Å². The van der Waals surface area contributed by atoms with Crippen molar-refractivity contribution in [3.8, 4) is 0 Å². The Morgan fingerprint density at radius 3 is 2.63 bits per heavy atom. The highest BCUT2D eigenvalue weighted by Gasteiger charge is 2.41. The quantitative estimate of drug-likeness (QED) is 0.333. The monoisotopic (exact) mass is 478 g/mol. The van der Waals surface area contributed by atoms with Crippen LogP contribution in [0.4, 0.5) is 4.79 Å². The van der Waals surface area contributed by atoms with Gasteiger partial charge in [-0.25, -0.2) is 14.5 Å². The fourth-order valence-electron chi connectivity index (χ4n) is 4.19. The van der Waals surface area contributed by atoms with Crippen LogP contribution in [0.2, 0.25) is 0 Å². The summed E-state index contributed by atoms with van der Waals surface area (Å²) >= 11 is 3.33. The van der Waals surface area contributed by atoms with Crippen LogP contribution in [-0.4, -0.2) is 41.2 Å². The average molecular weight is 479 g/mol. The van der Waals surface area contributed by atoms with Gasteiger partial charge in [-0.2, -0.15) is 0 Å². The van der Waals surface area contributed by atoms with E-state index in [9.17, 15) is 14.4 Å². The Kier molecular flexibility index (Phi) is 7.28. The summed E-state index contributed by atoms with van der Waals surface area (Å²) in [5.41, 5.74) is 1.11. The maximum absolute atomic E-state index is 12.9. The zero-order chi connectivity index (χ0) is 21.8. The van der Waals surface area contributed by atoms with E-state index in [1.54, 1.807) is 24.3 Å². The Morgan fingerprint density at radius 2 is 1.97 bits per heavy atom. The minimum Gasteiger partial charge on any atom is -0.447 e. The maximum atomic E-state index is 12.9. The molecule has 1 aliphatic heterocycles. The lowest BCUT2D eigenvalue weighted by atomic mass is 9.88. The van der Waals surface area contributed by atoms with Gasteiger partial charge < -0.3 is 9.57 Å². The van der Waals surface area contributed by atoms with Gasteiger partial charge in [0.15, 0.2) is 0 Å². The first-order chi connectivity index (χ1) is 14.3. The molecule has 3 rings (SSSR count). The van der Waals surface area contributed by atoms with Gasteiger partial charge in [-0.1, -0.05) is 41.4 Å². The van der Waals surface area contributed by atoms with Gasteiger partial charge >= 0.3 is 12.1 Å². The number of hydrogen-bond donors (Lipinski definition) is 0. The highest BCUT2D eigenvalue weighted by molar-refractivity contribution is 9.10. The first-order valence-electron chi connectivity index (χ1n) is 10.3. The molecule has 2 amide bonds. The molecule has 30 heavy (non-hydrogen) atoms. The molecule has 0 spiro atoms. The zero-order valence-electron chi connectivity index (χ0n) is 17.5. The molecule has 1 aliphatic carbocycles. The van der Waals surface area contributed by atoms with E-state index in [2.05, 4.69) is 21.1 Å². The first kappa shape index (κ1) is 22.5. The van der Waals surface area contributed by atoms with Crippen LogP contribution >= 0.6 is 15.9 Å². The van der Waals surface area contributed by atoms with Crippen LogP contribution in [0.15, 0.2) is 33.9 Å². The molecular formula is C22H27BrN2O5. The second-order valence-electron chi connectivity index (χ2n) is 8.27. The minimum atomic E-state index is -0.554. The van der Waals surface area contributed by atoms with Crippen molar-refractivity contribution in [1.82, 2.24) is 4.90 Å². The topological polar surface area (TPSA) is 85.3 Å². The lowest BCUT2D eigenvalue weighted by Crippen LogP contribution is -2.42. The van der Waals surface area contributed by atoms with Crippen LogP contribution in [0.3, 0.4) is 0 Å². The van der Waals surface area contributed by atoms with Crippen LogP contribution < -0.4 is 0 Å². The van der Waals surface area contributed by atoms with E-state index in [-0.39, 0.29) is 42.7 Å². The number of halogens is 1. The van der Waals surface area contributed by atoms with Crippen LogP contribution in [0, 0.1) is 17.8 Å². The molecule has 8 heteroatoms. The number of hydrogen-bond acceptors (Lipinski definition) is 6. The summed E-state index contributed by atoms with van der Waals surface area (Å²) in [5, 5.41) is 4.06. The number of rotatable bonds is 6. The van der Waals surface area contributed by atoms with Crippen LogP contribution in [-0.2, 0) is 14.4 Å². The standard InChI is InChI=1S/C22H27BrN2O5/c1-13(2)19-12-29-22(28)25(19)20(26)11-16-5-4-6-18(16)14(3)24-30-21(27)15-7-9-17(23)10-8-15/h7-10,13,16,18-19H,4-6,11-12H2,1-3H3/b24-14+/t16-,18+,19-/m1/s1. The van der Waals surface area contributed by atoms with Crippen molar-refractivity contribution in [1.29, 1.82) is 0 Å². The van der Waals surface area contributed by atoms with Crippen molar-refractivity contribution in [2.75, 3.05) is 6.61 Å². The van der Waals surface area contributed by atoms with Crippen molar-refractivity contribution in [2.24, 2.45) is 22.9 Å². The lowest BCUT2D eigenvalue weighted by Gasteiger charge is -2.25. The van der Waals surface area contributed by atoms with Crippen molar-refractivity contribution in [3.05, 3.63) is 34.3 Å². The minimum absolute atomic E-state index is 0.0443. The third-order valence-electron chi connectivity index (χ3n) is 5.93. The first-order valence-corrected chi connectivity index (χ1v) is 11.1. The van der Waals surface area contributed by atoms with E-state index in [0.29, 0.717) is 11.3 Å². The van der Waals surface area contributed by atoms with Crippen molar-refractivity contribution in [3.63, 3.8) is 0 Å². The van der Waals surface area contributed by atoms with Gasteiger partial charge in [0.05, 0.1) is 17.3 Å². The number of ether oxygens (including phenoxy) is 1. The molecule has 0 bridgehead atoms. The number of cyclic esters (lactones) is 1. The summed E-state index contributed by atoms with van der Waals surface area (Å²) in [6.07, 6.45) is 2.42. The number of oxime groups is 1. The van der Waals surface area contributed by atoms with Crippen LogP contribution in [0.25, 0.3) is 0 Å². The van der Waals surface area contributed by atoms with E-state index >= 15 is 0 Å². The fraction of sp³-hybridized carbons (Fsp3) is 0.545. The van der Waals surface area contributed by atoms with E-state index in [0.717, 1.165) is 23.7 Å². The van der Waals surface area contributed by atoms with Gasteiger partial charge in [-0.15, -0.1) is 0 Å². The molecule has 1 heterocycles. The number of amides is 2. The van der Waals surface area contributed by atoms with E-state index in [1.807, 2.05) is 20.8 Å². The van der Waals surface area contributed by atoms with E-state index in [1.165, 1.54) is 4.90 Å². The summed E-state index contributed by atoms with van der Waals surface area (Å²) in [4.78, 5) is 43.5. The molecule has 2 fully saturated rings.